The van der Waals surface area contributed by atoms with Gasteiger partial charge >= 0.3 is 0 Å². The van der Waals surface area contributed by atoms with Crippen LogP contribution in [0.5, 0.6) is 0 Å². The second-order valence-corrected chi connectivity index (χ2v) is 10.2. The first-order chi connectivity index (χ1) is 17.6. The van der Waals surface area contributed by atoms with Gasteiger partial charge in [-0.2, -0.15) is 5.10 Å². The second kappa shape index (κ2) is 15.7. The molecule has 0 unspecified atom stereocenters. The standard InChI is InChI=1S/C24H32N4O.3C2H6.CH3F/c1-16-6-7-17(14-24(4)8-9-24)12-18(16)21(25)19-13-20(22(29)27(5)26-19)28-11-10-23(2,3)15-28;4*1-2/h6-7,12-13,25H,8-11,14-15H2,1-5H3;3*1-2H3;1H3. The third-order valence-electron chi connectivity index (χ3n) is 6.62. The van der Waals surface area contributed by atoms with Gasteiger partial charge in [0.15, 0.2) is 0 Å². The van der Waals surface area contributed by atoms with E-state index in [0.29, 0.717) is 29.7 Å². The van der Waals surface area contributed by atoms with Gasteiger partial charge in [-0.15, -0.1) is 0 Å². The predicted molar refractivity (Wildman–Crippen MR) is 159 cm³/mol. The number of rotatable bonds is 5. The predicted octanol–water partition coefficient (Wildman–Crippen LogP) is 7.75. The molecule has 4 rings (SSSR count). The molecular formula is C31H53FN4O. The van der Waals surface area contributed by atoms with Gasteiger partial charge < -0.3 is 4.90 Å². The summed E-state index contributed by atoms with van der Waals surface area (Å²) in [6.45, 7) is 22.6. The summed E-state index contributed by atoms with van der Waals surface area (Å²) >= 11 is 0. The van der Waals surface area contributed by atoms with Crippen LogP contribution >= 0.6 is 0 Å². The van der Waals surface area contributed by atoms with Crippen LogP contribution in [0.3, 0.4) is 0 Å². The van der Waals surface area contributed by atoms with Crippen LogP contribution in [-0.2, 0) is 13.5 Å². The van der Waals surface area contributed by atoms with E-state index in [1.807, 2.05) is 54.5 Å². The number of aromatic nitrogens is 2. The van der Waals surface area contributed by atoms with Gasteiger partial charge in [-0.1, -0.05) is 74.4 Å². The fourth-order valence-electron chi connectivity index (χ4n) is 4.33. The van der Waals surface area contributed by atoms with Crippen molar-refractivity contribution in [2.75, 3.05) is 25.2 Å². The molecule has 1 aliphatic carbocycles. The van der Waals surface area contributed by atoms with E-state index in [1.54, 1.807) is 7.05 Å². The molecule has 0 amide bonds. The molecule has 0 bridgehead atoms. The van der Waals surface area contributed by atoms with E-state index >= 15 is 0 Å². The second-order valence-electron chi connectivity index (χ2n) is 10.2. The summed E-state index contributed by atoms with van der Waals surface area (Å²) in [7, 11) is 2.18. The molecule has 2 aromatic rings. The minimum Gasteiger partial charge on any atom is -0.366 e. The quantitative estimate of drug-likeness (QED) is 0.413. The lowest BCUT2D eigenvalue weighted by Gasteiger charge is -2.22. The van der Waals surface area contributed by atoms with E-state index in [0.717, 1.165) is 37.1 Å². The van der Waals surface area contributed by atoms with Crippen LogP contribution in [0.1, 0.15) is 104 Å². The smallest absolute Gasteiger partial charge is 0.290 e. The highest BCUT2D eigenvalue weighted by atomic mass is 19.1. The van der Waals surface area contributed by atoms with Crippen LogP contribution in [-0.4, -0.2) is 35.8 Å². The van der Waals surface area contributed by atoms with E-state index in [-0.39, 0.29) is 11.0 Å². The van der Waals surface area contributed by atoms with E-state index in [2.05, 4.69) is 49.0 Å². The fraction of sp³-hybridized carbons (Fsp3) is 0.645. The number of nitrogens with zero attached hydrogens (tertiary/aromatic N) is 3. The molecule has 6 heteroatoms. The molecule has 210 valence electrons. The van der Waals surface area contributed by atoms with Crippen molar-refractivity contribution in [3.05, 3.63) is 57.0 Å². The van der Waals surface area contributed by atoms with E-state index in [1.165, 1.54) is 23.1 Å². The molecule has 0 spiro atoms. The maximum Gasteiger partial charge on any atom is 0.290 e. The molecule has 2 aliphatic rings. The summed E-state index contributed by atoms with van der Waals surface area (Å²) in [5, 5.41) is 13.3. The maximum atomic E-state index is 12.8. The average molecular weight is 517 g/mol. The Kier molecular flexibility index (Phi) is 14.6. The van der Waals surface area contributed by atoms with Gasteiger partial charge in [0.2, 0.25) is 0 Å². The fourth-order valence-corrected chi connectivity index (χ4v) is 4.33. The van der Waals surface area contributed by atoms with Crippen LogP contribution in [0.2, 0.25) is 0 Å². The van der Waals surface area contributed by atoms with Crippen molar-refractivity contribution in [2.45, 2.75) is 94.9 Å². The summed E-state index contributed by atoms with van der Waals surface area (Å²) in [5.74, 6) is 0. The van der Waals surface area contributed by atoms with Crippen molar-refractivity contribution in [1.29, 1.82) is 5.41 Å². The summed E-state index contributed by atoms with van der Waals surface area (Å²) in [4.78, 5) is 14.9. The topological polar surface area (TPSA) is 62.0 Å². The number of aryl methyl sites for hydroxylation is 2. The maximum absolute atomic E-state index is 12.8. The van der Waals surface area contributed by atoms with Gasteiger partial charge in [0.1, 0.15) is 11.4 Å². The van der Waals surface area contributed by atoms with Gasteiger partial charge in [-0.05, 0) is 66.7 Å². The van der Waals surface area contributed by atoms with Crippen molar-refractivity contribution in [2.24, 2.45) is 17.9 Å². The summed E-state index contributed by atoms with van der Waals surface area (Å²) in [6, 6.07) is 8.26. The van der Waals surface area contributed by atoms with Crippen LogP contribution in [0.15, 0.2) is 29.1 Å². The minimum absolute atomic E-state index is 0.0913. The van der Waals surface area contributed by atoms with E-state index in [4.69, 9.17) is 5.41 Å². The van der Waals surface area contributed by atoms with Crippen LogP contribution in [0.4, 0.5) is 10.1 Å². The van der Waals surface area contributed by atoms with E-state index < -0.39 is 0 Å². The van der Waals surface area contributed by atoms with Crippen molar-refractivity contribution < 1.29 is 4.39 Å². The molecule has 2 heterocycles. The first-order valence-electron chi connectivity index (χ1n) is 14.0. The SMILES string of the molecule is CC.CC.CC.CF.Cc1ccc(CC2(C)CC2)cc1C(=N)c1cc(N2CCC(C)(C)C2)c(=O)n(C)n1. The Hall–Kier alpha value is -2.50. The molecule has 37 heavy (non-hydrogen) atoms. The Bertz CT molecular complexity index is 1040. The zero-order valence-corrected chi connectivity index (χ0v) is 25.7. The van der Waals surface area contributed by atoms with Crippen LogP contribution in [0, 0.1) is 23.2 Å². The van der Waals surface area contributed by atoms with Crippen molar-refractivity contribution in [3.63, 3.8) is 0 Å². The Morgan fingerprint density at radius 3 is 2.05 bits per heavy atom. The highest BCUT2D eigenvalue weighted by Crippen LogP contribution is 2.47. The van der Waals surface area contributed by atoms with Crippen molar-refractivity contribution in [3.8, 4) is 0 Å². The molecule has 1 saturated heterocycles. The first-order valence-corrected chi connectivity index (χ1v) is 14.0. The number of hydrogen-bond donors (Lipinski definition) is 1. The molecule has 1 N–H and O–H groups in total. The molecule has 0 radical (unpaired) electrons. The molecule has 1 aromatic heterocycles. The molecule has 1 saturated carbocycles. The number of anilines is 1. The molecule has 5 nitrogen and oxygen atoms in total. The Labute approximate surface area is 226 Å². The zero-order chi connectivity index (χ0) is 29.0. The lowest BCUT2D eigenvalue weighted by molar-refractivity contribution is 0.418. The summed E-state index contributed by atoms with van der Waals surface area (Å²) < 4.78 is 10.9. The summed E-state index contributed by atoms with van der Waals surface area (Å²) in [6.07, 6.45) is 4.69. The van der Waals surface area contributed by atoms with Gasteiger partial charge in [-0.25, -0.2) is 4.68 Å². The lowest BCUT2D eigenvalue weighted by atomic mass is 9.93. The number of halogens is 1. The lowest BCUT2D eigenvalue weighted by Crippen LogP contribution is -2.33. The van der Waals surface area contributed by atoms with Crippen molar-refractivity contribution in [1.82, 2.24) is 9.78 Å². The highest BCUT2D eigenvalue weighted by Gasteiger charge is 2.37. The average Bonchev–Trinajstić information content (AvgIpc) is 3.53. The zero-order valence-electron chi connectivity index (χ0n) is 25.7. The Morgan fingerprint density at radius 1 is 1.00 bits per heavy atom. The Morgan fingerprint density at radius 2 is 1.57 bits per heavy atom. The number of alkyl halides is 1. The molecule has 1 aliphatic heterocycles. The normalized spacial score (nSPS) is 15.9. The summed E-state index contributed by atoms with van der Waals surface area (Å²) in [5.41, 5.74) is 5.40. The molecule has 2 fully saturated rings. The number of nitrogens with one attached hydrogen (secondary N) is 1. The molecular weight excluding hydrogens is 463 g/mol. The number of benzene rings is 1. The Balaban J connectivity index is 0.00000148. The third kappa shape index (κ3) is 9.39. The van der Waals surface area contributed by atoms with Gasteiger partial charge in [0.05, 0.1) is 12.9 Å². The van der Waals surface area contributed by atoms with Crippen LogP contribution in [0.25, 0.3) is 0 Å². The van der Waals surface area contributed by atoms with E-state index in [9.17, 15) is 9.18 Å². The number of hydrogen-bond acceptors (Lipinski definition) is 4. The monoisotopic (exact) mass is 516 g/mol. The van der Waals surface area contributed by atoms with Crippen molar-refractivity contribution >= 4 is 11.4 Å². The molecule has 0 atom stereocenters. The minimum atomic E-state index is -0.0913. The highest BCUT2D eigenvalue weighted by molar-refractivity contribution is 6.10. The third-order valence-corrected chi connectivity index (χ3v) is 6.62. The van der Waals surface area contributed by atoms with Crippen LogP contribution < -0.4 is 10.5 Å². The van der Waals surface area contributed by atoms with Gasteiger partial charge in [0.25, 0.3) is 5.56 Å². The largest absolute Gasteiger partial charge is 0.366 e. The first kappa shape index (κ1) is 34.5. The van der Waals surface area contributed by atoms with Gasteiger partial charge in [-0.3, -0.25) is 14.6 Å². The molecule has 1 aromatic carbocycles. The van der Waals surface area contributed by atoms with Gasteiger partial charge in [0, 0.05) is 25.7 Å².